The van der Waals surface area contributed by atoms with Crippen molar-refractivity contribution in [3.63, 3.8) is 0 Å². The number of hydrogen-bond donors (Lipinski definition) is 0. The van der Waals surface area contributed by atoms with Crippen LogP contribution >= 0.6 is 45.1 Å². The summed E-state index contributed by atoms with van der Waals surface area (Å²) in [6.45, 7) is 0. The summed E-state index contributed by atoms with van der Waals surface area (Å²) >= 11 is 4.21. The lowest BCUT2D eigenvalue weighted by molar-refractivity contribution is 1.27. The Morgan fingerprint density at radius 2 is 1.40 bits per heavy atom. The third-order valence-corrected chi connectivity index (χ3v) is 6.32. The highest BCUT2D eigenvalue weighted by Crippen LogP contribution is 2.40. The maximum atomic E-state index is 2.10. The summed E-state index contributed by atoms with van der Waals surface area (Å²) in [4.78, 5) is 0. The summed E-state index contributed by atoms with van der Waals surface area (Å²) in [5.41, 5.74) is 0. The number of rotatable bonds is 5. The van der Waals surface area contributed by atoms with Crippen molar-refractivity contribution in [1.29, 1.82) is 0 Å². The highest BCUT2D eigenvalue weighted by atomic mass is 33.1. The van der Waals surface area contributed by atoms with Gasteiger partial charge < -0.3 is 0 Å². The molecule has 0 aromatic carbocycles. The van der Waals surface area contributed by atoms with Gasteiger partial charge in [0.05, 0.1) is 0 Å². The predicted molar refractivity (Wildman–Crippen MR) is 57.4 cm³/mol. The first kappa shape index (κ1) is 8.02. The first-order valence-corrected chi connectivity index (χ1v) is 8.01. The van der Waals surface area contributed by atoms with E-state index < -0.39 is 0 Å². The van der Waals surface area contributed by atoms with Gasteiger partial charge in [0.1, 0.15) is 0 Å². The molecule has 0 N–H and O–H groups in total. The summed E-state index contributed by atoms with van der Waals surface area (Å²) < 4.78 is 0. The highest BCUT2D eigenvalue weighted by molar-refractivity contribution is 8.76. The van der Waals surface area contributed by atoms with Crippen LogP contribution in [0, 0.1) is 0 Å². The molecule has 2 atom stereocenters. The predicted octanol–water partition coefficient (Wildman–Crippen LogP) is 2.60. The normalized spacial score (nSPS) is 36.0. The summed E-state index contributed by atoms with van der Waals surface area (Å²) in [5, 5.41) is 2.04. The van der Waals surface area contributed by atoms with Crippen LogP contribution in [-0.2, 0) is 0 Å². The van der Waals surface area contributed by atoms with Gasteiger partial charge >= 0.3 is 0 Å². The molecule has 0 aromatic rings. The molecule has 0 unspecified atom stereocenters. The Morgan fingerprint density at radius 3 is 1.70 bits per heavy atom. The molecule has 2 heterocycles. The molecule has 0 nitrogen and oxygen atoms in total. The molecular formula is C6H10S4. The summed E-state index contributed by atoms with van der Waals surface area (Å²) in [6.07, 6.45) is 0. The van der Waals surface area contributed by atoms with E-state index in [0.29, 0.717) is 0 Å². The molecule has 0 aliphatic carbocycles. The minimum atomic E-state index is 1.02. The third kappa shape index (κ3) is 3.20. The molecule has 0 saturated carbocycles. The Balaban J connectivity index is 1.40. The minimum absolute atomic E-state index is 1.02. The van der Waals surface area contributed by atoms with Crippen LogP contribution in [0.25, 0.3) is 0 Å². The van der Waals surface area contributed by atoms with Gasteiger partial charge in [-0.1, -0.05) is 21.6 Å². The van der Waals surface area contributed by atoms with Crippen LogP contribution in [0.1, 0.15) is 0 Å². The molecule has 0 spiro atoms. The van der Waals surface area contributed by atoms with Gasteiger partial charge in [0.15, 0.2) is 0 Å². The van der Waals surface area contributed by atoms with Crippen molar-refractivity contribution >= 4 is 45.1 Å². The first-order chi connectivity index (χ1) is 4.95. The van der Waals surface area contributed by atoms with Gasteiger partial charge in [0, 0.05) is 33.5 Å². The first-order valence-electron chi connectivity index (χ1n) is 3.43. The average Bonchev–Trinajstić information content (AvgIpc) is 2.77. The SMILES string of the molecule is C(SSC[C@@H]1CS1)[C@@H]1CS1. The fourth-order valence-electron chi connectivity index (χ4n) is 0.577. The van der Waals surface area contributed by atoms with Crippen LogP contribution in [0.2, 0.25) is 0 Å². The van der Waals surface area contributed by atoms with E-state index in [1.807, 2.05) is 0 Å². The molecule has 2 rings (SSSR count). The van der Waals surface area contributed by atoms with Crippen molar-refractivity contribution in [2.45, 2.75) is 10.5 Å². The molecule has 2 saturated heterocycles. The fourth-order valence-corrected chi connectivity index (χ4v) is 5.37. The van der Waals surface area contributed by atoms with E-state index in [-0.39, 0.29) is 0 Å². The molecule has 0 aromatic heterocycles. The summed E-state index contributed by atoms with van der Waals surface area (Å²) in [6, 6.07) is 0. The maximum Gasteiger partial charge on any atom is 0.0237 e. The second kappa shape index (κ2) is 3.87. The van der Waals surface area contributed by atoms with E-state index in [0.717, 1.165) is 10.5 Å². The monoisotopic (exact) mass is 210 g/mol. The van der Waals surface area contributed by atoms with Gasteiger partial charge in [0.25, 0.3) is 0 Å². The lowest BCUT2D eigenvalue weighted by atomic mass is 10.6. The van der Waals surface area contributed by atoms with Crippen molar-refractivity contribution in [1.82, 2.24) is 0 Å². The van der Waals surface area contributed by atoms with E-state index in [9.17, 15) is 0 Å². The third-order valence-electron chi connectivity index (χ3n) is 1.40. The number of hydrogen-bond acceptors (Lipinski definition) is 4. The second-order valence-corrected chi connectivity index (χ2v) is 7.70. The van der Waals surface area contributed by atoms with Gasteiger partial charge in [-0.2, -0.15) is 23.5 Å². The Bertz CT molecular complexity index is 94.3. The van der Waals surface area contributed by atoms with E-state index in [4.69, 9.17) is 0 Å². The van der Waals surface area contributed by atoms with Crippen molar-refractivity contribution in [2.75, 3.05) is 23.0 Å². The van der Waals surface area contributed by atoms with Crippen LogP contribution in [-0.4, -0.2) is 33.5 Å². The summed E-state index contributed by atoms with van der Waals surface area (Å²) in [5.74, 6) is 5.61. The molecular weight excluding hydrogens is 200 g/mol. The largest absolute Gasteiger partial charge is 0.156 e. The van der Waals surface area contributed by atoms with Crippen molar-refractivity contribution in [3.8, 4) is 0 Å². The lowest BCUT2D eigenvalue weighted by Gasteiger charge is -1.94. The lowest BCUT2D eigenvalue weighted by Crippen LogP contribution is -1.87. The van der Waals surface area contributed by atoms with Gasteiger partial charge in [-0.05, 0) is 0 Å². The van der Waals surface area contributed by atoms with Crippen LogP contribution in [0.3, 0.4) is 0 Å². The van der Waals surface area contributed by atoms with Gasteiger partial charge in [-0.25, -0.2) is 0 Å². The average molecular weight is 210 g/mol. The van der Waals surface area contributed by atoms with Crippen LogP contribution in [0.4, 0.5) is 0 Å². The smallest absolute Gasteiger partial charge is 0.0237 e. The minimum Gasteiger partial charge on any atom is -0.156 e. The Hall–Kier alpha value is 1.40. The molecule has 2 fully saturated rings. The zero-order valence-corrected chi connectivity index (χ0v) is 8.88. The quantitative estimate of drug-likeness (QED) is 0.388. The topological polar surface area (TPSA) is 0 Å². The molecule has 0 radical (unpaired) electrons. The van der Waals surface area contributed by atoms with Gasteiger partial charge in [0.2, 0.25) is 0 Å². The molecule has 2 aliphatic rings. The van der Waals surface area contributed by atoms with E-state index in [2.05, 4.69) is 45.1 Å². The number of thioether (sulfide) groups is 2. The van der Waals surface area contributed by atoms with E-state index >= 15 is 0 Å². The molecule has 10 heavy (non-hydrogen) atoms. The van der Waals surface area contributed by atoms with Gasteiger partial charge in [-0.3, -0.25) is 0 Å². The van der Waals surface area contributed by atoms with Crippen LogP contribution in [0.5, 0.6) is 0 Å². The zero-order chi connectivity index (χ0) is 6.81. The summed E-state index contributed by atoms with van der Waals surface area (Å²) in [7, 11) is 4.15. The van der Waals surface area contributed by atoms with Crippen LogP contribution < -0.4 is 0 Å². The molecule has 58 valence electrons. The van der Waals surface area contributed by atoms with Gasteiger partial charge in [-0.15, -0.1) is 0 Å². The zero-order valence-electron chi connectivity index (χ0n) is 5.62. The Morgan fingerprint density at radius 1 is 1.00 bits per heavy atom. The molecule has 4 heteroatoms. The standard InChI is InChI=1S/C6H10S4/c1-5(7-1)3-9-10-4-6-2-8-6/h5-6H,1-4H2/t5-,6-/m0/s1. The van der Waals surface area contributed by atoms with Crippen molar-refractivity contribution in [2.24, 2.45) is 0 Å². The second-order valence-electron chi connectivity index (χ2n) is 2.48. The fraction of sp³-hybridized carbons (Fsp3) is 1.00. The van der Waals surface area contributed by atoms with Crippen LogP contribution in [0.15, 0.2) is 0 Å². The maximum absolute atomic E-state index is 2.10. The Kier molecular flexibility index (Phi) is 3.11. The van der Waals surface area contributed by atoms with E-state index in [1.165, 1.54) is 23.0 Å². The molecule has 0 bridgehead atoms. The van der Waals surface area contributed by atoms with Crippen molar-refractivity contribution < 1.29 is 0 Å². The van der Waals surface area contributed by atoms with Crippen molar-refractivity contribution in [3.05, 3.63) is 0 Å². The Labute approximate surface area is 78.4 Å². The highest BCUT2D eigenvalue weighted by Gasteiger charge is 2.24. The van der Waals surface area contributed by atoms with E-state index in [1.54, 1.807) is 0 Å². The molecule has 2 aliphatic heterocycles. The molecule has 0 amide bonds.